The molecule has 5 N–H and O–H groups in total. The lowest BCUT2D eigenvalue weighted by molar-refractivity contribution is 0.629. The molecule has 0 amide bonds. The molecule has 4 aromatic heterocycles. The Bertz CT molecular complexity index is 1450. The third-order valence-corrected chi connectivity index (χ3v) is 5.24. The van der Waals surface area contributed by atoms with Gasteiger partial charge in [-0.3, -0.25) is 14.5 Å². The largest absolute Gasteiger partial charge is 0.393 e. The van der Waals surface area contributed by atoms with Crippen molar-refractivity contribution in [1.29, 1.82) is 0 Å². The van der Waals surface area contributed by atoms with Crippen LogP contribution in [-0.2, 0) is 0 Å². The third kappa shape index (κ3) is 3.78. The monoisotopic (exact) mass is 441 g/mol. The Hall–Kier alpha value is -4.60. The van der Waals surface area contributed by atoms with Crippen LogP contribution >= 0.6 is 0 Å². The van der Waals surface area contributed by atoms with Crippen molar-refractivity contribution in [2.45, 2.75) is 13.0 Å². The maximum Gasteiger partial charge on any atom is 0.155 e. The van der Waals surface area contributed by atoms with Gasteiger partial charge in [-0.2, -0.15) is 0 Å². The van der Waals surface area contributed by atoms with E-state index in [2.05, 4.69) is 25.3 Å². The molecule has 0 aliphatic carbocycles. The Morgan fingerprint density at radius 3 is 2.73 bits per heavy atom. The molecule has 0 saturated heterocycles. The number of nitrogens with zero attached hydrogens (tertiary/aromatic N) is 6. The summed E-state index contributed by atoms with van der Waals surface area (Å²) in [6.45, 7) is 1.90. The van der Waals surface area contributed by atoms with Gasteiger partial charge < -0.3 is 16.8 Å². The highest BCUT2D eigenvalue weighted by molar-refractivity contribution is 5.79. The van der Waals surface area contributed by atoms with Gasteiger partial charge in [-0.05, 0) is 37.3 Å². The molecule has 0 radical (unpaired) electrons. The molecular formula is C23H20FN9. The fourth-order valence-electron chi connectivity index (χ4n) is 3.65. The molecule has 0 unspecified atom stereocenters. The van der Waals surface area contributed by atoms with E-state index in [0.717, 1.165) is 11.3 Å². The molecule has 4 heterocycles. The standard InChI is InChI=1S/C23H20FN9/c1-13(31-22-20(25)21(26)29-12-30-22)23-32-18-6-5-15(24)9-19(18)33(23)16-8-14(10-27-11-16)17-4-2-3-7-28-17/h2-13H,25H2,1H3,(H3,26,29,30,31)/t13-/m1/s1. The number of imidazole rings is 1. The maximum absolute atomic E-state index is 14.2. The first-order valence-electron chi connectivity index (χ1n) is 10.2. The van der Waals surface area contributed by atoms with Crippen molar-refractivity contribution in [3.8, 4) is 16.9 Å². The summed E-state index contributed by atoms with van der Waals surface area (Å²) in [5.74, 6) is 0.826. The van der Waals surface area contributed by atoms with E-state index >= 15 is 0 Å². The molecule has 0 aliphatic heterocycles. The highest BCUT2D eigenvalue weighted by Gasteiger charge is 2.21. The van der Waals surface area contributed by atoms with E-state index in [9.17, 15) is 4.39 Å². The average Bonchev–Trinajstić information content (AvgIpc) is 3.21. The van der Waals surface area contributed by atoms with Crippen molar-refractivity contribution < 1.29 is 4.39 Å². The van der Waals surface area contributed by atoms with Crippen molar-refractivity contribution >= 4 is 28.4 Å². The van der Waals surface area contributed by atoms with Crippen LogP contribution in [0.1, 0.15) is 18.8 Å². The number of aromatic nitrogens is 6. The van der Waals surface area contributed by atoms with Gasteiger partial charge in [-0.1, -0.05) is 6.07 Å². The first kappa shape index (κ1) is 20.3. The third-order valence-electron chi connectivity index (χ3n) is 5.24. The number of benzene rings is 1. The lowest BCUT2D eigenvalue weighted by atomic mass is 10.1. The predicted molar refractivity (Wildman–Crippen MR) is 125 cm³/mol. The first-order chi connectivity index (χ1) is 16.0. The van der Waals surface area contributed by atoms with Crippen LogP contribution in [0.5, 0.6) is 0 Å². The van der Waals surface area contributed by atoms with Gasteiger partial charge in [0.25, 0.3) is 0 Å². The van der Waals surface area contributed by atoms with E-state index in [1.807, 2.05) is 35.8 Å². The van der Waals surface area contributed by atoms with E-state index < -0.39 is 0 Å². The highest BCUT2D eigenvalue weighted by atomic mass is 19.1. The molecule has 10 heteroatoms. The van der Waals surface area contributed by atoms with Crippen molar-refractivity contribution in [1.82, 2.24) is 29.5 Å². The number of fused-ring (bicyclic) bond motifs is 1. The Kier molecular flexibility index (Phi) is 5.02. The van der Waals surface area contributed by atoms with Gasteiger partial charge in [-0.15, -0.1) is 0 Å². The van der Waals surface area contributed by atoms with Crippen LogP contribution in [0.3, 0.4) is 0 Å². The SMILES string of the molecule is C[C@@H](Nc1ncnc(N)c1N)c1nc2ccc(F)cc2n1-c1cncc(-c2ccccn2)c1. The Morgan fingerprint density at radius 2 is 1.91 bits per heavy atom. The van der Waals surface area contributed by atoms with E-state index in [4.69, 9.17) is 16.5 Å². The minimum absolute atomic E-state index is 0.183. The number of nitrogens with two attached hydrogens (primary N) is 2. The van der Waals surface area contributed by atoms with Crippen LogP contribution in [-0.4, -0.2) is 29.5 Å². The van der Waals surface area contributed by atoms with Crippen LogP contribution in [0.4, 0.5) is 21.7 Å². The van der Waals surface area contributed by atoms with E-state index in [1.165, 1.54) is 18.5 Å². The number of halogens is 1. The number of hydrogen-bond acceptors (Lipinski definition) is 8. The van der Waals surface area contributed by atoms with Crippen molar-refractivity contribution in [2.24, 2.45) is 0 Å². The van der Waals surface area contributed by atoms with Crippen molar-refractivity contribution in [3.05, 3.63) is 79.0 Å². The summed E-state index contributed by atoms with van der Waals surface area (Å²) in [7, 11) is 0. The van der Waals surface area contributed by atoms with Crippen LogP contribution < -0.4 is 16.8 Å². The molecule has 0 aliphatic rings. The maximum atomic E-state index is 14.2. The fourth-order valence-corrected chi connectivity index (χ4v) is 3.65. The Labute approximate surface area is 188 Å². The van der Waals surface area contributed by atoms with E-state index in [-0.39, 0.29) is 23.4 Å². The minimum atomic E-state index is -0.365. The molecule has 33 heavy (non-hydrogen) atoms. The summed E-state index contributed by atoms with van der Waals surface area (Å²) in [4.78, 5) is 21.6. The van der Waals surface area contributed by atoms with Gasteiger partial charge in [0, 0.05) is 24.0 Å². The lowest BCUT2D eigenvalue weighted by Gasteiger charge is -2.18. The number of anilines is 3. The topological polar surface area (TPSA) is 133 Å². The summed E-state index contributed by atoms with van der Waals surface area (Å²) in [6, 6.07) is 11.7. The minimum Gasteiger partial charge on any atom is -0.393 e. The normalized spacial score (nSPS) is 12.1. The molecule has 0 bridgehead atoms. The number of pyridine rings is 2. The second-order valence-electron chi connectivity index (χ2n) is 7.47. The number of nitrogens with one attached hydrogen (secondary N) is 1. The van der Waals surface area contributed by atoms with Crippen LogP contribution in [0.15, 0.2) is 67.4 Å². The smallest absolute Gasteiger partial charge is 0.155 e. The molecule has 0 fully saturated rings. The molecular weight excluding hydrogens is 421 g/mol. The summed E-state index contributed by atoms with van der Waals surface area (Å²) >= 11 is 0. The van der Waals surface area contributed by atoms with Gasteiger partial charge in [0.15, 0.2) is 11.6 Å². The molecule has 0 saturated carbocycles. The average molecular weight is 441 g/mol. The van der Waals surface area contributed by atoms with Crippen LogP contribution in [0.25, 0.3) is 28.0 Å². The second kappa shape index (κ2) is 8.15. The van der Waals surface area contributed by atoms with Crippen molar-refractivity contribution in [2.75, 3.05) is 16.8 Å². The summed E-state index contributed by atoms with van der Waals surface area (Å²) in [6.07, 6.45) is 6.49. The molecule has 5 rings (SSSR count). The lowest BCUT2D eigenvalue weighted by Crippen LogP contribution is -2.16. The fraction of sp³-hybridized carbons (Fsp3) is 0.0870. The molecule has 9 nitrogen and oxygen atoms in total. The molecule has 5 aromatic rings. The molecule has 164 valence electrons. The Morgan fingerprint density at radius 1 is 1.03 bits per heavy atom. The number of hydrogen-bond donors (Lipinski definition) is 3. The zero-order valence-corrected chi connectivity index (χ0v) is 17.6. The number of nitrogen functional groups attached to an aromatic ring is 2. The molecule has 0 spiro atoms. The van der Waals surface area contributed by atoms with Gasteiger partial charge in [0.2, 0.25) is 0 Å². The second-order valence-corrected chi connectivity index (χ2v) is 7.47. The summed E-state index contributed by atoms with van der Waals surface area (Å²) < 4.78 is 16.1. The molecule has 1 aromatic carbocycles. The van der Waals surface area contributed by atoms with Crippen molar-refractivity contribution in [3.63, 3.8) is 0 Å². The zero-order valence-electron chi connectivity index (χ0n) is 17.6. The van der Waals surface area contributed by atoms with Crippen LogP contribution in [0, 0.1) is 5.82 Å². The summed E-state index contributed by atoms with van der Waals surface area (Å²) in [5.41, 5.74) is 15.6. The van der Waals surface area contributed by atoms with E-state index in [0.29, 0.717) is 28.4 Å². The quantitative estimate of drug-likeness (QED) is 0.375. The van der Waals surface area contributed by atoms with Gasteiger partial charge >= 0.3 is 0 Å². The predicted octanol–water partition coefficient (Wildman–Crippen LogP) is 3.75. The van der Waals surface area contributed by atoms with Gasteiger partial charge in [-0.25, -0.2) is 19.3 Å². The number of rotatable bonds is 5. The van der Waals surface area contributed by atoms with Gasteiger partial charge in [0.1, 0.15) is 23.7 Å². The summed E-state index contributed by atoms with van der Waals surface area (Å²) in [5, 5.41) is 3.23. The van der Waals surface area contributed by atoms with E-state index in [1.54, 1.807) is 24.7 Å². The van der Waals surface area contributed by atoms with Gasteiger partial charge in [0.05, 0.1) is 34.7 Å². The first-order valence-corrected chi connectivity index (χ1v) is 10.2. The Balaban J connectivity index is 1.65. The molecule has 1 atom stereocenters. The van der Waals surface area contributed by atoms with Crippen LogP contribution in [0.2, 0.25) is 0 Å². The highest BCUT2D eigenvalue weighted by Crippen LogP contribution is 2.30. The zero-order chi connectivity index (χ0) is 22.9.